The molecule has 0 unspecified atom stereocenters. The third-order valence-corrected chi connectivity index (χ3v) is 7.78. The van der Waals surface area contributed by atoms with Crippen LogP contribution in [-0.2, 0) is 9.59 Å². The molecule has 1 atom stereocenters. The second-order valence-electron chi connectivity index (χ2n) is 9.60. The Morgan fingerprint density at radius 3 is 2.59 bits per heavy atom. The fraction of sp³-hybridized carbons (Fsp3) is 0.583. The standard InChI is InChI=1S/C24H30N4O4/c1-16(29)27-8-3-17(4-9-27)23(31)28-10-5-24(6-11-28)13-19(24)14-26-22(30)20-12-18-2-7-25-15-21(18)32-20/h2,7,12,15,17,19H,3-6,8-11,13-14H2,1H3,(H,26,30)/t19-/m0/s1. The normalized spacial score (nSPS) is 22.8. The van der Waals surface area contributed by atoms with Gasteiger partial charge >= 0.3 is 0 Å². The summed E-state index contributed by atoms with van der Waals surface area (Å²) >= 11 is 0. The maximum absolute atomic E-state index is 12.9. The highest BCUT2D eigenvalue weighted by molar-refractivity contribution is 5.95. The van der Waals surface area contributed by atoms with E-state index in [1.807, 2.05) is 15.9 Å². The smallest absolute Gasteiger partial charge is 0.287 e. The predicted octanol–water partition coefficient (Wildman–Crippen LogP) is 2.44. The van der Waals surface area contributed by atoms with Crippen molar-refractivity contribution in [2.75, 3.05) is 32.7 Å². The van der Waals surface area contributed by atoms with E-state index in [1.165, 1.54) is 0 Å². The molecular weight excluding hydrogens is 408 g/mol. The molecule has 0 bridgehead atoms. The lowest BCUT2D eigenvalue weighted by molar-refractivity contribution is -0.141. The molecule has 1 N–H and O–H groups in total. The van der Waals surface area contributed by atoms with Crippen LogP contribution in [0.3, 0.4) is 0 Å². The second-order valence-corrected chi connectivity index (χ2v) is 9.60. The molecule has 2 saturated heterocycles. The summed E-state index contributed by atoms with van der Waals surface area (Å²) in [4.78, 5) is 44.8. The Morgan fingerprint density at radius 2 is 1.91 bits per heavy atom. The van der Waals surface area contributed by atoms with E-state index in [4.69, 9.17) is 4.42 Å². The highest BCUT2D eigenvalue weighted by atomic mass is 16.3. The average Bonchev–Trinajstić information content (AvgIpc) is 3.28. The van der Waals surface area contributed by atoms with Gasteiger partial charge in [-0.3, -0.25) is 19.4 Å². The zero-order valence-electron chi connectivity index (χ0n) is 18.5. The molecule has 4 heterocycles. The van der Waals surface area contributed by atoms with Crippen LogP contribution in [0.2, 0.25) is 0 Å². The van der Waals surface area contributed by atoms with Gasteiger partial charge in [-0.25, -0.2) is 0 Å². The molecule has 2 aliphatic heterocycles. The molecule has 1 spiro atoms. The molecule has 170 valence electrons. The van der Waals surface area contributed by atoms with E-state index in [-0.39, 0.29) is 29.1 Å². The summed E-state index contributed by atoms with van der Waals surface area (Å²) in [5, 5.41) is 3.90. The lowest BCUT2D eigenvalue weighted by Crippen LogP contribution is -2.46. The zero-order chi connectivity index (χ0) is 22.3. The summed E-state index contributed by atoms with van der Waals surface area (Å²) in [6.45, 7) is 5.21. The Labute approximate surface area is 187 Å². The van der Waals surface area contributed by atoms with E-state index in [1.54, 1.807) is 25.4 Å². The van der Waals surface area contributed by atoms with Gasteiger partial charge in [0.1, 0.15) is 0 Å². The Kier molecular flexibility index (Phi) is 5.39. The molecule has 8 heteroatoms. The van der Waals surface area contributed by atoms with Crippen molar-refractivity contribution >= 4 is 28.7 Å². The number of nitrogens with zero attached hydrogens (tertiary/aromatic N) is 3. The van der Waals surface area contributed by atoms with Gasteiger partial charge in [0.25, 0.3) is 5.91 Å². The molecule has 5 rings (SSSR count). The number of carbonyl (C=O) groups is 3. The third-order valence-electron chi connectivity index (χ3n) is 7.78. The quantitative estimate of drug-likeness (QED) is 0.791. The van der Waals surface area contributed by atoms with E-state index < -0.39 is 0 Å². The summed E-state index contributed by atoms with van der Waals surface area (Å²) in [7, 11) is 0. The van der Waals surface area contributed by atoms with Gasteiger partial charge in [0.15, 0.2) is 11.3 Å². The molecule has 2 aromatic rings. The van der Waals surface area contributed by atoms with Gasteiger partial charge in [0.2, 0.25) is 11.8 Å². The summed E-state index contributed by atoms with van der Waals surface area (Å²) in [5.41, 5.74) is 0.879. The largest absolute Gasteiger partial charge is 0.449 e. The topological polar surface area (TPSA) is 95.8 Å². The van der Waals surface area contributed by atoms with Crippen molar-refractivity contribution < 1.29 is 18.8 Å². The molecule has 1 saturated carbocycles. The van der Waals surface area contributed by atoms with Gasteiger partial charge in [-0.1, -0.05) is 0 Å². The van der Waals surface area contributed by atoms with Crippen LogP contribution in [0.25, 0.3) is 11.0 Å². The molecule has 2 aromatic heterocycles. The summed E-state index contributed by atoms with van der Waals surface area (Å²) in [6, 6.07) is 3.58. The van der Waals surface area contributed by atoms with E-state index in [0.29, 0.717) is 36.9 Å². The van der Waals surface area contributed by atoms with Crippen molar-refractivity contribution in [3.05, 3.63) is 30.3 Å². The fourth-order valence-corrected chi connectivity index (χ4v) is 5.50. The molecule has 8 nitrogen and oxygen atoms in total. The van der Waals surface area contributed by atoms with Gasteiger partial charge in [0.05, 0.1) is 6.20 Å². The Bertz CT molecular complexity index is 999. The van der Waals surface area contributed by atoms with Crippen molar-refractivity contribution in [2.24, 2.45) is 17.3 Å². The van der Waals surface area contributed by atoms with Crippen LogP contribution in [0, 0.1) is 17.3 Å². The number of hydrogen-bond acceptors (Lipinski definition) is 5. The lowest BCUT2D eigenvalue weighted by Gasteiger charge is -2.37. The van der Waals surface area contributed by atoms with Crippen molar-refractivity contribution in [2.45, 2.75) is 39.0 Å². The lowest BCUT2D eigenvalue weighted by atomic mass is 9.88. The van der Waals surface area contributed by atoms with E-state index in [9.17, 15) is 14.4 Å². The van der Waals surface area contributed by atoms with Crippen molar-refractivity contribution in [3.63, 3.8) is 0 Å². The minimum atomic E-state index is -0.187. The minimum Gasteiger partial charge on any atom is -0.449 e. The molecule has 3 fully saturated rings. The zero-order valence-corrected chi connectivity index (χ0v) is 18.5. The van der Waals surface area contributed by atoms with Gasteiger partial charge in [-0.05, 0) is 55.6 Å². The van der Waals surface area contributed by atoms with Gasteiger partial charge in [-0.15, -0.1) is 0 Å². The first-order chi connectivity index (χ1) is 15.4. The van der Waals surface area contributed by atoms with E-state index >= 15 is 0 Å². The van der Waals surface area contributed by atoms with Crippen molar-refractivity contribution in [3.8, 4) is 0 Å². The van der Waals surface area contributed by atoms with Crippen molar-refractivity contribution in [1.82, 2.24) is 20.1 Å². The number of amides is 3. The molecule has 0 aromatic carbocycles. The maximum Gasteiger partial charge on any atom is 0.287 e. The summed E-state index contributed by atoms with van der Waals surface area (Å²) in [6.07, 6.45) is 7.95. The predicted molar refractivity (Wildman–Crippen MR) is 118 cm³/mol. The summed E-state index contributed by atoms with van der Waals surface area (Å²) < 4.78 is 5.60. The average molecular weight is 439 g/mol. The Balaban J connectivity index is 1.08. The number of piperidine rings is 2. The number of nitrogens with one attached hydrogen (secondary N) is 1. The van der Waals surface area contributed by atoms with Gasteiger partial charge in [0, 0.05) is 57.1 Å². The van der Waals surface area contributed by atoms with Gasteiger partial charge < -0.3 is 19.5 Å². The molecule has 3 amide bonds. The van der Waals surface area contributed by atoms with Crippen LogP contribution in [0.4, 0.5) is 0 Å². The highest BCUT2D eigenvalue weighted by Crippen LogP contribution is 2.59. The number of furan rings is 1. The van der Waals surface area contributed by atoms with Gasteiger partial charge in [-0.2, -0.15) is 0 Å². The fourth-order valence-electron chi connectivity index (χ4n) is 5.50. The first kappa shape index (κ1) is 21.0. The van der Waals surface area contributed by atoms with Crippen LogP contribution < -0.4 is 5.32 Å². The number of aromatic nitrogens is 1. The number of fused-ring (bicyclic) bond motifs is 1. The SMILES string of the molecule is CC(=O)N1CCC(C(=O)N2CCC3(CC2)C[C@H]3CNC(=O)c2cc3ccncc3o2)CC1. The Hall–Kier alpha value is -2.90. The first-order valence-electron chi connectivity index (χ1n) is 11.6. The molecule has 32 heavy (non-hydrogen) atoms. The molecule has 3 aliphatic rings. The summed E-state index contributed by atoms with van der Waals surface area (Å²) in [5.74, 6) is 1.00. The number of rotatable bonds is 4. The first-order valence-corrected chi connectivity index (χ1v) is 11.6. The Morgan fingerprint density at radius 1 is 1.16 bits per heavy atom. The van der Waals surface area contributed by atoms with E-state index in [2.05, 4.69) is 10.3 Å². The number of hydrogen-bond donors (Lipinski definition) is 1. The van der Waals surface area contributed by atoms with Crippen LogP contribution in [-0.4, -0.2) is 65.2 Å². The monoisotopic (exact) mass is 438 g/mol. The van der Waals surface area contributed by atoms with Crippen LogP contribution in [0.15, 0.2) is 28.9 Å². The minimum absolute atomic E-state index is 0.0490. The third kappa shape index (κ3) is 3.98. The maximum atomic E-state index is 12.9. The van der Waals surface area contributed by atoms with Crippen LogP contribution in [0.1, 0.15) is 49.6 Å². The molecular formula is C24H30N4O4. The second kappa shape index (κ2) is 8.22. The van der Waals surface area contributed by atoms with Crippen LogP contribution >= 0.6 is 0 Å². The highest BCUT2D eigenvalue weighted by Gasteiger charge is 2.55. The number of likely N-dealkylation sites (tertiary alicyclic amines) is 2. The number of pyridine rings is 1. The number of carbonyl (C=O) groups excluding carboxylic acids is 3. The molecule has 0 radical (unpaired) electrons. The van der Waals surface area contributed by atoms with E-state index in [0.717, 1.165) is 50.6 Å². The molecule has 1 aliphatic carbocycles. The van der Waals surface area contributed by atoms with Crippen LogP contribution in [0.5, 0.6) is 0 Å². The van der Waals surface area contributed by atoms with Crippen molar-refractivity contribution in [1.29, 1.82) is 0 Å².